The minimum absolute atomic E-state index is 0.317. The summed E-state index contributed by atoms with van der Waals surface area (Å²) in [6, 6.07) is 11.0. The first-order valence-electron chi connectivity index (χ1n) is 6.60. The smallest absolute Gasteiger partial charge is 0.139 e. The van der Waals surface area contributed by atoms with Crippen molar-refractivity contribution in [2.24, 2.45) is 5.73 Å². The predicted octanol–water partition coefficient (Wildman–Crippen LogP) is 1.94. The second-order valence-electron chi connectivity index (χ2n) is 5.38. The third-order valence-corrected chi connectivity index (χ3v) is 3.82. The molecule has 0 amide bonds. The van der Waals surface area contributed by atoms with Gasteiger partial charge in [-0.15, -0.1) is 0 Å². The minimum Gasteiger partial charge on any atom is -0.368 e. The number of aryl methyl sites for hydroxylation is 1. The van der Waals surface area contributed by atoms with Gasteiger partial charge in [0.15, 0.2) is 0 Å². The van der Waals surface area contributed by atoms with Gasteiger partial charge in [0.2, 0.25) is 0 Å². The second kappa shape index (κ2) is 3.71. The molecular weight excluding hydrogens is 236 g/mol. The minimum atomic E-state index is 0.317. The highest BCUT2D eigenvalue weighted by Gasteiger charge is 2.23. The molecule has 1 saturated heterocycles. The molecule has 0 bridgehead atoms. The van der Waals surface area contributed by atoms with Crippen molar-refractivity contribution in [3.05, 3.63) is 42.1 Å². The van der Waals surface area contributed by atoms with Crippen LogP contribution >= 0.6 is 0 Å². The average Bonchev–Trinajstić information content (AvgIpc) is 2.72. The number of nitrogens with two attached hydrogens (primary N) is 1. The molecule has 0 aliphatic carbocycles. The van der Waals surface area contributed by atoms with E-state index in [4.69, 9.17) is 5.73 Å². The van der Waals surface area contributed by atoms with Crippen LogP contribution in [-0.2, 0) is 0 Å². The lowest BCUT2D eigenvalue weighted by Crippen LogP contribution is -2.55. The van der Waals surface area contributed by atoms with Crippen LogP contribution < -0.4 is 10.6 Å². The van der Waals surface area contributed by atoms with Gasteiger partial charge in [-0.3, -0.25) is 4.40 Å². The molecule has 96 valence electrons. The summed E-state index contributed by atoms with van der Waals surface area (Å²) in [7, 11) is 0. The van der Waals surface area contributed by atoms with Gasteiger partial charge < -0.3 is 10.6 Å². The van der Waals surface area contributed by atoms with Gasteiger partial charge in [-0.05, 0) is 30.7 Å². The van der Waals surface area contributed by atoms with Gasteiger partial charge in [-0.2, -0.15) is 0 Å². The Morgan fingerprint density at radius 1 is 1.21 bits per heavy atom. The fraction of sp³-hybridized carbons (Fsp3) is 0.267. The predicted molar refractivity (Wildman–Crippen MR) is 77.6 cm³/mol. The Labute approximate surface area is 111 Å². The molecule has 4 rings (SSSR count). The molecule has 1 aliphatic rings. The molecule has 3 heterocycles. The normalized spacial score (nSPS) is 16.2. The standard InChI is InChI=1S/C15H16N4/c1-10-2-3-13-14(6-10)19-5-4-12(7-15(19)17-13)18-8-11(16)9-18/h2-7,11H,8-9,16H2,1H3. The molecule has 0 radical (unpaired) electrons. The second-order valence-corrected chi connectivity index (χ2v) is 5.38. The topological polar surface area (TPSA) is 46.6 Å². The molecule has 0 saturated carbocycles. The van der Waals surface area contributed by atoms with Crippen LogP contribution in [0.4, 0.5) is 5.69 Å². The molecule has 1 aliphatic heterocycles. The highest BCUT2D eigenvalue weighted by Crippen LogP contribution is 2.24. The van der Waals surface area contributed by atoms with Crippen molar-refractivity contribution in [2.45, 2.75) is 13.0 Å². The molecule has 4 heteroatoms. The molecule has 2 N–H and O–H groups in total. The first kappa shape index (κ1) is 10.8. The third kappa shape index (κ3) is 1.60. The number of pyridine rings is 1. The number of aromatic nitrogens is 2. The Kier molecular flexibility index (Phi) is 2.11. The molecule has 1 aromatic carbocycles. The summed E-state index contributed by atoms with van der Waals surface area (Å²) in [6.07, 6.45) is 2.10. The number of imidazole rings is 1. The Morgan fingerprint density at radius 3 is 2.84 bits per heavy atom. The zero-order valence-corrected chi connectivity index (χ0v) is 10.9. The number of hydrogen-bond donors (Lipinski definition) is 1. The highest BCUT2D eigenvalue weighted by atomic mass is 15.2. The van der Waals surface area contributed by atoms with Crippen molar-refractivity contribution in [1.29, 1.82) is 0 Å². The lowest BCUT2D eigenvalue weighted by Gasteiger charge is -2.38. The maximum Gasteiger partial charge on any atom is 0.139 e. The number of nitrogens with zero attached hydrogens (tertiary/aromatic N) is 3. The van der Waals surface area contributed by atoms with Crippen molar-refractivity contribution in [3.8, 4) is 0 Å². The summed E-state index contributed by atoms with van der Waals surface area (Å²) in [6.45, 7) is 3.99. The van der Waals surface area contributed by atoms with Crippen LogP contribution in [0.2, 0.25) is 0 Å². The number of fused-ring (bicyclic) bond motifs is 3. The zero-order valence-electron chi connectivity index (χ0n) is 10.9. The van der Waals surface area contributed by atoms with E-state index in [2.05, 4.69) is 57.7 Å². The lowest BCUT2D eigenvalue weighted by molar-refractivity contribution is 0.519. The molecule has 3 aromatic rings. The van der Waals surface area contributed by atoms with Gasteiger partial charge in [0, 0.05) is 37.1 Å². The van der Waals surface area contributed by atoms with E-state index >= 15 is 0 Å². The number of rotatable bonds is 1. The van der Waals surface area contributed by atoms with Crippen molar-refractivity contribution in [3.63, 3.8) is 0 Å². The van der Waals surface area contributed by atoms with E-state index in [1.54, 1.807) is 0 Å². The summed E-state index contributed by atoms with van der Waals surface area (Å²) in [5.41, 5.74) is 11.5. The van der Waals surface area contributed by atoms with E-state index in [1.807, 2.05) is 0 Å². The molecule has 19 heavy (non-hydrogen) atoms. The Morgan fingerprint density at radius 2 is 2.05 bits per heavy atom. The molecule has 0 unspecified atom stereocenters. The molecule has 0 atom stereocenters. The van der Waals surface area contributed by atoms with E-state index in [1.165, 1.54) is 16.8 Å². The van der Waals surface area contributed by atoms with Gasteiger partial charge in [-0.1, -0.05) is 6.07 Å². The lowest BCUT2D eigenvalue weighted by atomic mass is 10.1. The van der Waals surface area contributed by atoms with E-state index in [-0.39, 0.29) is 0 Å². The largest absolute Gasteiger partial charge is 0.368 e. The summed E-state index contributed by atoms with van der Waals surface area (Å²) < 4.78 is 2.14. The van der Waals surface area contributed by atoms with Gasteiger partial charge in [0.25, 0.3) is 0 Å². The third-order valence-electron chi connectivity index (χ3n) is 3.82. The van der Waals surface area contributed by atoms with Gasteiger partial charge in [-0.25, -0.2) is 4.98 Å². The molecule has 4 nitrogen and oxygen atoms in total. The molecule has 2 aromatic heterocycles. The zero-order chi connectivity index (χ0) is 13.0. The Balaban J connectivity index is 1.87. The van der Waals surface area contributed by atoms with Crippen LogP contribution in [0, 0.1) is 6.92 Å². The quantitative estimate of drug-likeness (QED) is 0.720. The SMILES string of the molecule is Cc1ccc2nc3cc(N4CC(N)C4)ccn3c2c1. The van der Waals surface area contributed by atoms with Gasteiger partial charge in [0.05, 0.1) is 11.0 Å². The monoisotopic (exact) mass is 252 g/mol. The maximum atomic E-state index is 5.83. The van der Waals surface area contributed by atoms with E-state index < -0.39 is 0 Å². The van der Waals surface area contributed by atoms with E-state index in [9.17, 15) is 0 Å². The Hall–Kier alpha value is -2.07. The van der Waals surface area contributed by atoms with Crippen LogP contribution in [0.5, 0.6) is 0 Å². The summed E-state index contributed by atoms with van der Waals surface area (Å²) in [4.78, 5) is 6.97. The van der Waals surface area contributed by atoms with Crippen LogP contribution in [0.25, 0.3) is 16.7 Å². The van der Waals surface area contributed by atoms with Crippen LogP contribution in [0.1, 0.15) is 5.56 Å². The maximum absolute atomic E-state index is 5.83. The average molecular weight is 252 g/mol. The first-order chi connectivity index (χ1) is 9.20. The van der Waals surface area contributed by atoms with Crippen LogP contribution in [0.3, 0.4) is 0 Å². The van der Waals surface area contributed by atoms with Gasteiger partial charge >= 0.3 is 0 Å². The number of benzene rings is 1. The molecule has 0 spiro atoms. The van der Waals surface area contributed by atoms with Crippen LogP contribution in [-0.4, -0.2) is 28.5 Å². The fourth-order valence-corrected chi connectivity index (χ4v) is 2.73. The summed E-state index contributed by atoms with van der Waals surface area (Å²) in [5.74, 6) is 0. The first-order valence-corrected chi connectivity index (χ1v) is 6.60. The van der Waals surface area contributed by atoms with Crippen molar-refractivity contribution in [2.75, 3.05) is 18.0 Å². The van der Waals surface area contributed by atoms with E-state index in [0.29, 0.717) is 6.04 Å². The highest BCUT2D eigenvalue weighted by molar-refractivity contribution is 5.82. The summed E-state index contributed by atoms with van der Waals surface area (Å²) >= 11 is 0. The van der Waals surface area contributed by atoms with Crippen LogP contribution in [0.15, 0.2) is 36.5 Å². The number of hydrogen-bond acceptors (Lipinski definition) is 3. The van der Waals surface area contributed by atoms with E-state index in [0.717, 1.165) is 24.3 Å². The molecule has 1 fully saturated rings. The van der Waals surface area contributed by atoms with Crippen molar-refractivity contribution >= 4 is 22.4 Å². The molecular formula is C15H16N4. The van der Waals surface area contributed by atoms with Crippen molar-refractivity contribution < 1.29 is 0 Å². The van der Waals surface area contributed by atoms with Gasteiger partial charge in [0.1, 0.15) is 5.65 Å². The van der Waals surface area contributed by atoms with Crippen molar-refractivity contribution in [1.82, 2.24) is 9.38 Å². The number of anilines is 1. The fourth-order valence-electron chi connectivity index (χ4n) is 2.73. The Bertz CT molecular complexity index is 768. The summed E-state index contributed by atoms with van der Waals surface area (Å²) in [5, 5.41) is 0.